The highest BCUT2D eigenvalue weighted by atomic mass is 32.1. The summed E-state index contributed by atoms with van der Waals surface area (Å²) in [4.78, 5) is 23.8. The molecule has 0 aliphatic carbocycles. The molecule has 5 heteroatoms. The Labute approximate surface area is 161 Å². The van der Waals surface area contributed by atoms with Crippen molar-refractivity contribution in [2.75, 3.05) is 4.90 Å². The molecule has 0 saturated heterocycles. The zero-order valence-electron chi connectivity index (χ0n) is 15.0. The van der Waals surface area contributed by atoms with Gasteiger partial charge in [-0.3, -0.25) is 4.79 Å². The molecule has 0 unspecified atom stereocenters. The van der Waals surface area contributed by atoms with E-state index in [0.29, 0.717) is 18.0 Å². The summed E-state index contributed by atoms with van der Waals surface area (Å²) >= 11 is 1.53. The molecule has 4 aromatic rings. The molecule has 134 valence electrons. The van der Waals surface area contributed by atoms with Gasteiger partial charge in [0, 0.05) is 22.7 Å². The second-order valence-corrected chi connectivity index (χ2v) is 7.88. The summed E-state index contributed by atoms with van der Waals surface area (Å²) in [6.45, 7) is 2.83. The van der Waals surface area contributed by atoms with E-state index in [9.17, 15) is 4.79 Å². The first-order valence-corrected chi connectivity index (χ1v) is 9.99. The third kappa shape index (κ3) is 2.75. The number of hydrogen-bond acceptors (Lipinski definition) is 4. The predicted octanol–water partition coefficient (Wildman–Crippen LogP) is 4.60. The highest BCUT2D eigenvalue weighted by Crippen LogP contribution is 2.34. The van der Waals surface area contributed by atoms with Gasteiger partial charge in [0.15, 0.2) is 0 Å². The standard InChI is InChI=1S/C22H19N3OS/c1-14-11-16-9-5-6-10-18(16)25(14)12-19-23-21(26)20-17(13-27-22(20)24-19)15-7-3-2-4-8-15/h2-10,13-14H,11-12H2,1H3,(H,23,24,26)/t14-/m0/s1. The first kappa shape index (κ1) is 16.3. The molecule has 5 rings (SSSR count). The van der Waals surface area contributed by atoms with Crippen molar-refractivity contribution in [1.82, 2.24) is 9.97 Å². The molecule has 1 N–H and O–H groups in total. The van der Waals surface area contributed by atoms with Crippen LogP contribution in [0.2, 0.25) is 0 Å². The van der Waals surface area contributed by atoms with E-state index in [-0.39, 0.29) is 5.56 Å². The van der Waals surface area contributed by atoms with Gasteiger partial charge in [-0.1, -0.05) is 48.5 Å². The lowest BCUT2D eigenvalue weighted by molar-refractivity contribution is 0.655. The zero-order valence-corrected chi connectivity index (χ0v) is 15.8. The van der Waals surface area contributed by atoms with E-state index in [1.165, 1.54) is 22.6 Å². The number of para-hydroxylation sites is 1. The average Bonchev–Trinajstić information content (AvgIpc) is 3.24. The highest BCUT2D eigenvalue weighted by Gasteiger charge is 2.26. The van der Waals surface area contributed by atoms with Crippen molar-refractivity contribution in [2.45, 2.75) is 25.9 Å². The van der Waals surface area contributed by atoms with Crippen LogP contribution < -0.4 is 10.5 Å². The molecule has 4 nitrogen and oxygen atoms in total. The van der Waals surface area contributed by atoms with Crippen LogP contribution in [0.25, 0.3) is 21.3 Å². The molecule has 0 fully saturated rings. The van der Waals surface area contributed by atoms with Crippen molar-refractivity contribution < 1.29 is 0 Å². The number of nitrogens with zero attached hydrogens (tertiary/aromatic N) is 2. The van der Waals surface area contributed by atoms with Crippen LogP contribution in [0.1, 0.15) is 18.3 Å². The molecule has 0 amide bonds. The first-order valence-electron chi connectivity index (χ1n) is 9.11. The minimum absolute atomic E-state index is 0.0600. The van der Waals surface area contributed by atoms with Crippen LogP contribution in [-0.4, -0.2) is 16.0 Å². The fraction of sp³-hybridized carbons (Fsp3) is 0.182. The Bertz CT molecular complexity index is 1180. The first-order chi connectivity index (χ1) is 13.2. The van der Waals surface area contributed by atoms with E-state index in [1.54, 1.807) is 0 Å². The summed E-state index contributed by atoms with van der Waals surface area (Å²) in [6, 6.07) is 18.9. The number of fused-ring (bicyclic) bond motifs is 2. The lowest BCUT2D eigenvalue weighted by atomic mass is 10.1. The number of hydrogen-bond donors (Lipinski definition) is 1. The monoisotopic (exact) mass is 373 g/mol. The quantitative estimate of drug-likeness (QED) is 0.571. The fourth-order valence-electron chi connectivity index (χ4n) is 3.93. The maximum absolute atomic E-state index is 12.8. The number of H-pyrrole nitrogens is 1. The van der Waals surface area contributed by atoms with Crippen LogP contribution in [0.15, 0.2) is 64.8 Å². The molecule has 0 bridgehead atoms. The van der Waals surface area contributed by atoms with Gasteiger partial charge in [0.05, 0.1) is 11.9 Å². The summed E-state index contributed by atoms with van der Waals surface area (Å²) < 4.78 is 0. The van der Waals surface area contributed by atoms with Gasteiger partial charge in [0.2, 0.25) is 0 Å². The second kappa shape index (κ2) is 6.35. The third-order valence-electron chi connectivity index (χ3n) is 5.25. The maximum atomic E-state index is 12.8. The Morgan fingerprint density at radius 2 is 1.93 bits per heavy atom. The number of anilines is 1. The lowest BCUT2D eigenvalue weighted by Gasteiger charge is -2.24. The Morgan fingerprint density at radius 3 is 2.78 bits per heavy atom. The summed E-state index contributed by atoms with van der Waals surface area (Å²) in [5, 5.41) is 2.71. The maximum Gasteiger partial charge on any atom is 0.260 e. The van der Waals surface area contributed by atoms with E-state index < -0.39 is 0 Å². The molecule has 2 aromatic carbocycles. The van der Waals surface area contributed by atoms with Crippen molar-refractivity contribution >= 4 is 27.2 Å². The van der Waals surface area contributed by atoms with E-state index in [2.05, 4.69) is 41.1 Å². The molecule has 0 spiro atoms. The van der Waals surface area contributed by atoms with Crippen molar-refractivity contribution in [3.63, 3.8) is 0 Å². The Hall–Kier alpha value is -2.92. The number of benzene rings is 2. The van der Waals surface area contributed by atoms with Gasteiger partial charge in [-0.15, -0.1) is 11.3 Å². The third-order valence-corrected chi connectivity index (χ3v) is 6.12. The molecule has 1 atom stereocenters. The van der Waals surface area contributed by atoms with E-state index in [1.807, 2.05) is 35.7 Å². The Kier molecular flexibility index (Phi) is 3.83. The van der Waals surface area contributed by atoms with Crippen molar-refractivity contribution in [2.24, 2.45) is 0 Å². The minimum atomic E-state index is -0.0600. The summed E-state index contributed by atoms with van der Waals surface area (Å²) in [5.74, 6) is 0.720. The fourth-order valence-corrected chi connectivity index (χ4v) is 4.90. The van der Waals surface area contributed by atoms with Crippen LogP contribution >= 0.6 is 11.3 Å². The molecule has 1 aliphatic heterocycles. The van der Waals surface area contributed by atoms with Crippen LogP contribution in [0.4, 0.5) is 5.69 Å². The normalized spacial score (nSPS) is 16.0. The van der Waals surface area contributed by atoms with Crippen molar-refractivity contribution in [1.29, 1.82) is 0 Å². The molecule has 27 heavy (non-hydrogen) atoms. The summed E-state index contributed by atoms with van der Waals surface area (Å²) in [5.41, 5.74) is 4.54. The molecular formula is C22H19N3OS. The molecule has 0 saturated carbocycles. The molecule has 3 heterocycles. The van der Waals surface area contributed by atoms with Crippen LogP contribution in [0.3, 0.4) is 0 Å². The van der Waals surface area contributed by atoms with Crippen LogP contribution in [0, 0.1) is 0 Å². The second-order valence-electron chi connectivity index (χ2n) is 7.02. The minimum Gasteiger partial charge on any atom is -0.361 e. The molecule has 1 aliphatic rings. The summed E-state index contributed by atoms with van der Waals surface area (Å²) in [7, 11) is 0. The molecule has 0 radical (unpaired) electrons. The van der Waals surface area contributed by atoms with Gasteiger partial charge in [0.25, 0.3) is 5.56 Å². The van der Waals surface area contributed by atoms with Gasteiger partial charge in [-0.25, -0.2) is 4.98 Å². The number of nitrogens with one attached hydrogen (secondary N) is 1. The number of aromatic amines is 1. The number of aromatic nitrogens is 2. The predicted molar refractivity (Wildman–Crippen MR) is 111 cm³/mol. The van der Waals surface area contributed by atoms with Gasteiger partial charge < -0.3 is 9.88 Å². The number of thiophene rings is 1. The largest absolute Gasteiger partial charge is 0.361 e. The van der Waals surface area contributed by atoms with E-state index in [0.717, 1.165) is 28.2 Å². The smallest absolute Gasteiger partial charge is 0.260 e. The zero-order chi connectivity index (χ0) is 18.4. The summed E-state index contributed by atoms with van der Waals surface area (Å²) in [6.07, 6.45) is 1.03. The van der Waals surface area contributed by atoms with Gasteiger partial charge in [0.1, 0.15) is 10.7 Å². The average molecular weight is 373 g/mol. The molecular weight excluding hydrogens is 354 g/mol. The van der Waals surface area contributed by atoms with Gasteiger partial charge in [-0.2, -0.15) is 0 Å². The van der Waals surface area contributed by atoms with E-state index in [4.69, 9.17) is 4.98 Å². The molecule has 2 aromatic heterocycles. The lowest BCUT2D eigenvalue weighted by Crippen LogP contribution is -2.30. The van der Waals surface area contributed by atoms with Crippen LogP contribution in [-0.2, 0) is 13.0 Å². The van der Waals surface area contributed by atoms with Gasteiger partial charge in [-0.05, 0) is 30.5 Å². The van der Waals surface area contributed by atoms with Gasteiger partial charge >= 0.3 is 0 Å². The Morgan fingerprint density at radius 1 is 1.15 bits per heavy atom. The highest BCUT2D eigenvalue weighted by molar-refractivity contribution is 7.17. The van der Waals surface area contributed by atoms with E-state index >= 15 is 0 Å². The van der Waals surface area contributed by atoms with Crippen molar-refractivity contribution in [3.05, 3.63) is 81.7 Å². The van der Waals surface area contributed by atoms with Crippen LogP contribution in [0.5, 0.6) is 0 Å². The topological polar surface area (TPSA) is 49.0 Å². The Balaban J connectivity index is 1.54. The SMILES string of the molecule is C[C@H]1Cc2ccccc2N1Cc1nc2scc(-c3ccccc3)c2c(=O)[nH]1. The number of rotatable bonds is 3. The van der Waals surface area contributed by atoms with Crippen molar-refractivity contribution in [3.8, 4) is 11.1 Å².